The van der Waals surface area contributed by atoms with Crippen molar-refractivity contribution in [2.75, 3.05) is 44.4 Å². The largest absolute Gasteiger partial charge is 0.378 e. The predicted molar refractivity (Wildman–Crippen MR) is 97.9 cm³/mol. The Morgan fingerprint density at radius 1 is 1.04 bits per heavy atom. The van der Waals surface area contributed by atoms with Crippen molar-refractivity contribution in [3.05, 3.63) is 65.7 Å². The molecule has 0 aliphatic carbocycles. The standard InChI is InChI=1S/C20H24N2O3/c23-20(21-10-13-25-16-17-4-2-1-3-5-17)18-6-8-19(9-7-18)22-11-14-24-15-12-22/h1-9H,10-16H2,(H,21,23). The number of carbonyl (C=O) groups excluding carboxylic acids is 1. The zero-order valence-corrected chi connectivity index (χ0v) is 14.3. The number of nitrogens with one attached hydrogen (secondary N) is 1. The van der Waals surface area contributed by atoms with Crippen LogP contribution in [0, 0.1) is 0 Å². The van der Waals surface area contributed by atoms with Gasteiger partial charge in [-0.2, -0.15) is 0 Å². The number of carbonyl (C=O) groups is 1. The molecule has 0 spiro atoms. The molecular weight excluding hydrogens is 316 g/mol. The molecule has 1 fully saturated rings. The first kappa shape index (κ1) is 17.5. The van der Waals surface area contributed by atoms with Gasteiger partial charge in [0.25, 0.3) is 5.91 Å². The Kier molecular flexibility index (Phi) is 6.42. The minimum absolute atomic E-state index is 0.0724. The number of anilines is 1. The van der Waals surface area contributed by atoms with Crippen molar-refractivity contribution in [3.8, 4) is 0 Å². The fraction of sp³-hybridized carbons (Fsp3) is 0.350. The second-order valence-electron chi connectivity index (χ2n) is 5.94. The molecule has 3 rings (SSSR count). The second kappa shape index (κ2) is 9.20. The Morgan fingerprint density at radius 2 is 1.76 bits per heavy atom. The number of benzene rings is 2. The number of hydrogen-bond donors (Lipinski definition) is 1. The molecule has 0 aromatic heterocycles. The molecule has 0 atom stereocenters. The van der Waals surface area contributed by atoms with Crippen molar-refractivity contribution < 1.29 is 14.3 Å². The second-order valence-corrected chi connectivity index (χ2v) is 5.94. The van der Waals surface area contributed by atoms with E-state index >= 15 is 0 Å². The normalized spacial score (nSPS) is 14.3. The number of hydrogen-bond acceptors (Lipinski definition) is 4. The summed E-state index contributed by atoms with van der Waals surface area (Å²) < 4.78 is 10.9. The van der Waals surface area contributed by atoms with E-state index in [-0.39, 0.29) is 5.91 Å². The predicted octanol–water partition coefficient (Wildman–Crippen LogP) is 2.47. The van der Waals surface area contributed by atoms with E-state index in [1.165, 1.54) is 0 Å². The average Bonchev–Trinajstić information content (AvgIpc) is 2.69. The van der Waals surface area contributed by atoms with E-state index in [0.29, 0.717) is 25.3 Å². The number of ether oxygens (including phenoxy) is 2. The third-order valence-corrected chi connectivity index (χ3v) is 4.15. The van der Waals surface area contributed by atoms with Gasteiger partial charge in [-0.15, -0.1) is 0 Å². The lowest BCUT2D eigenvalue weighted by molar-refractivity contribution is 0.0901. The van der Waals surface area contributed by atoms with Crippen molar-refractivity contribution in [1.29, 1.82) is 0 Å². The Morgan fingerprint density at radius 3 is 2.48 bits per heavy atom. The summed E-state index contributed by atoms with van der Waals surface area (Å²) in [5, 5.41) is 2.89. The van der Waals surface area contributed by atoms with Crippen molar-refractivity contribution >= 4 is 11.6 Å². The Labute approximate surface area is 148 Å². The molecule has 5 heteroatoms. The van der Waals surface area contributed by atoms with Crippen molar-refractivity contribution in [1.82, 2.24) is 5.32 Å². The van der Waals surface area contributed by atoms with E-state index in [0.717, 1.165) is 37.6 Å². The van der Waals surface area contributed by atoms with Gasteiger partial charge in [-0.25, -0.2) is 0 Å². The van der Waals surface area contributed by atoms with Gasteiger partial charge < -0.3 is 19.7 Å². The van der Waals surface area contributed by atoms with Crippen LogP contribution < -0.4 is 10.2 Å². The molecule has 132 valence electrons. The lowest BCUT2D eigenvalue weighted by atomic mass is 10.1. The molecule has 0 unspecified atom stereocenters. The van der Waals surface area contributed by atoms with Crippen molar-refractivity contribution in [3.63, 3.8) is 0 Å². The molecule has 5 nitrogen and oxygen atoms in total. The molecule has 0 radical (unpaired) electrons. The van der Waals surface area contributed by atoms with E-state index in [9.17, 15) is 4.79 Å². The van der Waals surface area contributed by atoms with Crippen LogP contribution in [-0.4, -0.2) is 45.4 Å². The van der Waals surface area contributed by atoms with Crippen LogP contribution in [0.3, 0.4) is 0 Å². The lowest BCUT2D eigenvalue weighted by Crippen LogP contribution is -2.36. The fourth-order valence-corrected chi connectivity index (χ4v) is 2.75. The number of rotatable bonds is 7. The van der Waals surface area contributed by atoms with Gasteiger partial charge in [0.05, 0.1) is 26.4 Å². The number of amides is 1. The molecule has 1 saturated heterocycles. The Bertz CT molecular complexity index is 652. The summed E-state index contributed by atoms with van der Waals surface area (Å²) in [5.74, 6) is -0.0724. The highest BCUT2D eigenvalue weighted by Crippen LogP contribution is 2.16. The minimum atomic E-state index is -0.0724. The highest BCUT2D eigenvalue weighted by atomic mass is 16.5. The van der Waals surface area contributed by atoms with Crippen LogP contribution in [0.1, 0.15) is 15.9 Å². The molecule has 1 amide bonds. The Hall–Kier alpha value is -2.37. The molecule has 25 heavy (non-hydrogen) atoms. The van der Waals surface area contributed by atoms with Gasteiger partial charge in [0, 0.05) is 30.9 Å². The summed E-state index contributed by atoms with van der Waals surface area (Å²) in [5.41, 5.74) is 2.93. The van der Waals surface area contributed by atoms with Crippen molar-refractivity contribution in [2.45, 2.75) is 6.61 Å². The lowest BCUT2D eigenvalue weighted by Gasteiger charge is -2.28. The molecule has 1 aliphatic heterocycles. The summed E-state index contributed by atoms with van der Waals surface area (Å²) in [7, 11) is 0. The molecule has 1 N–H and O–H groups in total. The summed E-state index contributed by atoms with van der Waals surface area (Å²) in [4.78, 5) is 14.4. The molecule has 0 saturated carbocycles. The quantitative estimate of drug-likeness (QED) is 0.787. The molecule has 1 aliphatic rings. The zero-order chi connectivity index (χ0) is 17.3. The summed E-state index contributed by atoms with van der Waals surface area (Å²) in [6.07, 6.45) is 0. The first-order valence-corrected chi connectivity index (χ1v) is 8.65. The van der Waals surface area contributed by atoms with Gasteiger partial charge in [-0.3, -0.25) is 4.79 Å². The third-order valence-electron chi connectivity index (χ3n) is 4.15. The van der Waals surface area contributed by atoms with Crippen LogP contribution in [0.15, 0.2) is 54.6 Å². The first-order chi connectivity index (χ1) is 12.3. The maximum Gasteiger partial charge on any atom is 0.251 e. The zero-order valence-electron chi connectivity index (χ0n) is 14.3. The van der Waals surface area contributed by atoms with Crippen LogP contribution in [-0.2, 0) is 16.1 Å². The van der Waals surface area contributed by atoms with E-state index in [1.54, 1.807) is 0 Å². The fourth-order valence-electron chi connectivity index (χ4n) is 2.75. The van der Waals surface area contributed by atoms with Gasteiger partial charge in [-0.05, 0) is 29.8 Å². The third kappa shape index (κ3) is 5.31. The highest BCUT2D eigenvalue weighted by molar-refractivity contribution is 5.94. The minimum Gasteiger partial charge on any atom is -0.378 e. The number of nitrogens with zero attached hydrogens (tertiary/aromatic N) is 1. The topological polar surface area (TPSA) is 50.8 Å². The van der Waals surface area contributed by atoms with E-state index < -0.39 is 0 Å². The monoisotopic (exact) mass is 340 g/mol. The molecule has 0 bridgehead atoms. The molecule has 2 aromatic rings. The highest BCUT2D eigenvalue weighted by Gasteiger charge is 2.12. The average molecular weight is 340 g/mol. The summed E-state index contributed by atoms with van der Waals surface area (Å²) in [6.45, 7) is 4.85. The summed E-state index contributed by atoms with van der Waals surface area (Å²) >= 11 is 0. The smallest absolute Gasteiger partial charge is 0.251 e. The Balaban J connectivity index is 1.39. The van der Waals surface area contributed by atoms with Gasteiger partial charge in [-0.1, -0.05) is 30.3 Å². The van der Waals surface area contributed by atoms with Gasteiger partial charge >= 0.3 is 0 Å². The first-order valence-electron chi connectivity index (χ1n) is 8.65. The van der Waals surface area contributed by atoms with E-state index in [2.05, 4.69) is 10.2 Å². The van der Waals surface area contributed by atoms with Crippen LogP contribution in [0.4, 0.5) is 5.69 Å². The molecular formula is C20H24N2O3. The summed E-state index contributed by atoms with van der Waals surface area (Å²) in [6, 6.07) is 17.7. The SMILES string of the molecule is O=C(NCCOCc1ccccc1)c1ccc(N2CCOCC2)cc1. The van der Waals surface area contributed by atoms with Crippen LogP contribution in [0.5, 0.6) is 0 Å². The van der Waals surface area contributed by atoms with Crippen molar-refractivity contribution in [2.24, 2.45) is 0 Å². The van der Waals surface area contributed by atoms with Gasteiger partial charge in [0.1, 0.15) is 0 Å². The van der Waals surface area contributed by atoms with Gasteiger partial charge in [0.2, 0.25) is 0 Å². The van der Waals surface area contributed by atoms with Crippen LogP contribution in [0.2, 0.25) is 0 Å². The maximum atomic E-state index is 12.2. The van der Waals surface area contributed by atoms with E-state index in [1.807, 2.05) is 54.6 Å². The molecule has 2 aromatic carbocycles. The van der Waals surface area contributed by atoms with Crippen LogP contribution >= 0.6 is 0 Å². The van der Waals surface area contributed by atoms with Gasteiger partial charge in [0.15, 0.2) is 0 Å². The van der Waals surface area contributed by atoms with E-state index in [4.69, 9.17) is 9.47 Å². The molecule has 1 heterocycles. The number of morpholine rings is 1. The van der Waals surface area contributed by atoms with Crippen LogP contribution in [0.25, 0.3) is 0 Å². The maximum absolute atomic E-state index is 12.2.